The summed E-state index contributed by atoms with van der Waals surface area (Å²) in [6.07, 6.45) is 1.18. The Hall–Kier alpha value is -0.740. The number of fused-ring (bicyclic) bond motifs is 1. The van der Waals surface area contributed by atoms with Crippen molar-refractivity contribution in [3.8, 4) is 0 Å². The highest BCUT2D eigenvalue weighted by molar-refractivity contribution is 9.10. The van der Waals surface area contributed by atoms with Crippen LogP contribution in [0.2, 0.25) is 0 Å². The van der Waals surface area contributed by atoms with Crippen LogP contribution in [0, 0.1) is 6.92 Å². The van der Waals surface area contributed by atoms with Gasteiger partial charge in [0.25, 0.3) is 0 Å². The van der Waals surface area contributed by atoms with Crippen LogP contribution in [0.5, 0.6) is 0 Å². The van der Waals surface area contributed by atoms with Crippen molar-refractivity contribution >= 4 is 27.3 Å². The van der Waals surface area contributed by atoms with E-state index in [1.54, 1.807) is 0 Å². The normalized spacial score (nSPS) is 15.8. The second-order valence-electron chi connectivity index (χ2n) is 4.64. The lowest BCUT2D eigenvalue weighted by atomic mass is 10.1. The first-order valence-electron chi connectivity index (χ1n) is 6.10. The van der Waals surface area contributed by atoms with Crippen molar-refractivity contribution in [2.75, 3.05) is 43.0 Å². The minimum atomic E-state index is 0.703. The summed E-state index contributed by atoms with van der Waals surface area (Å²) in [4.78, 5) is 4.75. The number of benzene rings is 1. The second kappa shape index (κ2) is 5.27. The first kappa shape index (κ1) is 12.7. The molecule has 0 unspecified atom stereocenters. The molecule has 1 heterocycles. The van der Waals surface area contributed by atoms with Crippen LogP contribution in [-0.2, 0) is 0 Å². The Balaban J connectivity index is 2.50. The molecule has 0 amide bonds. The van der Waals surface area contributed by atoms with Gasteiger partial charge in [0.15, 0.2) is 0 Å². The Morgan fingerprint density at radius 1 is 1.35 bits per heavy atom. The average molecular weight is 298 g/mol. The summed E-state index contributed by atoms with van der Waals surface area (Å²) in [5, 5.41) is 0. The van der Waals surface area contributed by atoms with Crippen LogP contribution >= 0.6 is 15.9 Å². The van der Waals surface area contributed by atoms with E-state index in [4.69, 9.17) is 5.73 Å². The Bertz CT molecular complexity index is 406. The van der Waals surface area contributed by atoms with E-state index < -0.39 is 0 Å². The second-order valence-corrected chi connectivity index (χ2v) is 5.56. The SMILES string of the molecule is Cc1cc(Br)cc2c1N(C)CCCN2CCN. The predicted octanol–water partition coefficient (Wildman–Crippen LogP) is 2.36. The maximum absolute atomic E-state index is 5.71. The molecule has 94 valence electrons. The summed E-state index contributed by atoms with van der Waals surface area (Å²) in [6, 6.07) is 4.39. The summed E-state index contributed by atoms with van der Waals surface area (Å²) in [5.41, 5.74) is 9.69. The Morgan fingerprint density at radius 2 is 2.12 bits per heavy atom. The number of hydrogen-bond donors (Lipinski definition) is 1. The number of nitrogens with zero attached hydrogens (tertiary/aromatic N) is 2. The van der Waals surface area contributed by atoms with E-state index in [2.05, 4.69) is 51.8 Å². The lowest BCUT2D eigenvalue weighted by molar-refractivity contribution is 0.741. The molecule has 0 radical (unpaired) electrons. The summed E-state index contributed by atoms with van der Waals surface area (Å²) in [5.74, 6) is 0. The van der Waals surface area contributed by atoms with Gasteiger partial charge in [0, 0.05) is 37.7 Å². The van der Waals surface area contributed by atoms with E-state index in [9.17, 15) is 0 Å². The topological polar surface area (TPSA) is 32.5 Å². The van der Waals surface area contributed by atoms with Crippen LogP contribution in [0.15, 0.2) is 16.6 Å². The summed E-state index contributed by atoms with van der Waals surface area (Å²) >= 11 is 3.59. The van der Waals surface area contributed by atoms with Gasteiger partial charge in [-0.15, -0.1) is 0 Å². The molecule has 1 aliphatic rings. The highest BCUT2D eigenvalue weighted by Gasteiger charge is 2.20. The Labute approximate surface area is 112 Å². The third-order valence-corrected chi connectivity index (χ3v) is 3.75. The van der Waals surface area contributed by atoms with Gasteiger partial charge in [0.05, 0.1) is 11.4 Å². The van der Waals surface area contributed by atoms with Gasteiger partial charge in [-0.3, -0.25) is 0 Å². The number of anilines is 2. The van der Waals surface area contributed by atoms with Crippen LogP contribution in [0.4, 0.5) is 11.4 Å². The van der Waals surface area contributed by atoms with Crippen molar-refractivity contribution in [3.63, 3.8) is 0 Å². The molecule has 2 rings (SSSR count). The molecule has 1 aliphatic heterocycles. The molecule has 0 saturated carbocycles. The highest BCUT2D eigenvalue weighted by Crippen LogP contribution is 2.37. The molecular formula is C13H20BrN3. The first-order valence-corrected chi connectivity index (χ1v) is 6.89. The van der Waals surface area contributed by atoms with Crippen LogP contribution in [0.3, 0.4) is 0 Å². The summed E-state index contributed by atoms with van der Waals surface area (Å²) in [6.45, 7) is 6.00. The molecule has 17 heavy (non-hydrogen) atoms. The summed E-state index contributed by atoms with van der Waals surface area (Å²) < 4.78 is 1.14. The number of hydrogen-bond acceptors (Lipinski definition) is 3. The molecule has 0 atom stereocenters. The maximum Gasteiger partial charge on any atom is 0.0632 e. The van der Waals surface area contributed by atoms with Crippen LogP contribution in [-0.4, -0.2) is 33.2 Å². The van der Waals surface area contributed by atoms with Gasteiger partial charge in [0.1, 0.15) is 0 Å². The molecule has 1 aromatic carbocycles. The van der Waals surface area contributed by atoms with Crippen molar-refractivity contribution in [2.45, 2.75) is 13.3 Å². The van der Waals surface area contributed by atoms with Crippen LogP contribution in [0.1, 0.15) is 12.0 Å². The standard InChI is InChI=1S/C13H20BrN3/c1-10-8-11(14)9-12-13(10)16(2)5-3-6-17(12)7-4-15/h8-9H,3-7,15H2,1-2H3. The third-order valence-electron chi connectivity index (χ3n) is 3.29. The molecule has 0 aromatic heterocycles. The fourth-order valence-corrected chi connectivity index (χ4v) is 3.13. The van der Waals surface area contributed by atoms with Gasteiger partial charge in [0.2, 0.25) is 0 Å². The Kier molecular flexibility index (Phi) is 3.94. The van der Waals surface area contributed by atoms with E-state index in [-0.39, 0.29) is 0 Å². The molecule has 0 aliphatic carbocycles. The van der Waals surface area contributed by atoms with E-state index in [0.29, 0.717) is 6.54 Å². The van der Waals surface area contributed by atoms with E-state index >= 15 is 0 Å². The molecule has 4 heteroatoms. The molecule has 1 aromatic rings. The van der Waals surface area contributed by atoms with Gasteiger partial charge in [-0.1, -0.05) is 15.9 Å². The maximum atomic E-state index is 5.71. The highest BCUT2D eigenvalue weighted by atomic mass is 79.9. The van der Waals surface area contributed by atoms with Crippen LogP contribution in [0.25, 0.3) is 0 Å². The molecule has 0 bridgehead atoms. The van der Waals surface area contributed by atoms with E-state index in [1.807, 2.05) is 0 Å². The molecule has 0 fully saturated rings. The van der Waals surface area contributed by atoms with E-state index in [0.717, 1.165) is 24.1 Å². The predicted molar refractivity (Wildman–Crippen MR) is 78.0 cm³/mol. The van der Waals surface area contributed by atoms with Gasteiger partial charge in [-0.25, -0.2) is 0 Å². The van der Waals surface area contributed by atoms with Gasteiger partial charge in [-0.05, 0) is 31.0 Å². The monoisotopic (exact) mass is 297 g/mol. The summed E-state index contributed by atoms with van der Waals surface area (Å²) in [7, 11) is 2.17. The Morgan fingerprint density at radius 3 is 2.82 bits per heavy atom. The molecular weight excluding hydrogens is 278 g/mol. The zero-order chi connectivity index (χ0) is 12.4. The first-order chi connectivity index (χ1) is 8.13. The fraction of sp³-hybridized carbons (Fsp3) is 0.538. The van der Waals surface area contributed by atoms with Crippen LogP contribution < -0.4 is 15.5 Å². The number of rotatable bonds is 2. The number of halogens is 1. The van der Waals surface area contributed by atoms with Crippen molar-refractivity contribution < 1.29 is 0 Å². The minimum Gasteiger partial charge on any atom is -0.373 e. The lowest BCUT2D eigenvalue weighted by Crippen LogP contribution is -2.30. The van der Waals surface area contributed by atoms with Crippen molar-refractivity contribution in [2.24, 2.45) is 5.73 Å². The molecule has 0 spiro atoms. The fourth-order valence-electron chi connectivity index (χ4n) is 2.57. The van der Waals surface area contributed by atoms with Crippen molar-refractivity contribution in [1.82, 2.24) is 0 Å². The number of nitrogens with two attached hydrogens (primary N) is 1. The largest absolute Gasteiger partial charge is 0.373 e. The minimum absolute atomic E-state index is 0.703. The molecule has 0 saturated heterocycles. The van der Waals surface area contributed by atoms with Gasteiger partial charge in [-0.2, -0.15) is 0 Å². The molecule has 3 nitrogen and oxygen atoms in total. The van der Waals surface area contributed by atoms with Gasteiger partial charge >= 0.3 is 0 Å². The quantitative estimate of drug-likeness (QED) is 0.910. The van der Waals surface area contributed by atoms with E-state index in [1.165, 1.54) is 23.4 Å². The smallest absolute Gasteiger partial charge is 0.0632 e. The molecule has 2 N–H and O–H groups in total. The zero-order valence-electron chi connectivity index (χ0n) is 10.5. The van der Waals surface area contributed by atoms with Crippen molar-refractivity contribution in [1.29, 1.82) is 0 Å². The average Bonchev–Trinajstić information content (AvgIpc) is 2.40. The lowest BCUT2D eigenvalue weighted by Gasteiger charge is -2.27. The third kappa shape index (κ3) is 2.58. The van der Waals surface area contributed by atoms with Crippen molar-refractivity contribution in [3.05, 3.63) is 22.2 Å². The zero-order valence-corrected chi connectivity index (χ0v) is 12.1. The van der Waals surface area contributed by atoms with Gasteiger partial charge < -0.3 is 15.5 Å². The number of aryl methyl sites for hydroxylation is 1.